The third-order valence-electron chi connectivity index (χ3n) is 3.84. The zero-order valence-corrected chi connectivity index (χ0v) is 13.9. The maximum absolute atomic E-state index is 12.3. The lowest BCUT2D eigenvalue weighted by Crippen LogP contribution is -2.45. The maximum Gasteiger partial charge on any atom is 0.225 e. The van der Waals surface area contributed by atoms with Gasteiger partial charge in [-0.05, 0) is 31.1 Å². The molecule has 0 bridgehead atoms. The highest BCUT2D eigenvalue weighted by molar-refractivity contribution is 7.85. The van der Waals surface area contributed by atoms with E-state index >= 15 is 0 Å². The lowest BCUT2D eigenvalue weighted by Gasteiger charge is -2.31. The number of carbonyl (C=O) groups is 1. The first-order valence-electron chi connectivity index (χ1n) is 7.26. The summed E-state index contributed by atoms with van der Waals surface area (Å²) in [6.07, 6.45) is 3.66. The van der Waals surface area contributed by atoms with Crippen LogP contribution in [0.4, 0.5) is 0 Å². The Kier molecular flexibility index (Phi) is 5.60. The first-order chi connectivity index (χ1) is 8.60. The van der Waals surface area contributed by atoms with E-state index in [9.17, 15) is 9.00 Å². The average molecular weight is 287 g/mol. The summed E-state index contributed by atoms with van der Waals surface area (Å²) in [5.74, 6) is 1.61. The van der Waals surface area contributed by atoms with E-state index in [0.717, 1.165) is 37.2 Å². The molecule has 1 aliphatic rings. The van der Waals surface area contributed by atoms with E-state index in [1.165, 1.54) is 0 Å². The number of carbonyl (C=O) groups excluding carboxylic acids is 1. The van der Waals surface area contributed by atoms with Gasteiger partial charge in [0.25, 0.3) is 0 Å². The second-order valence-electron chi connectivity index (χ2n) is 7.54. The minimum absolute atomic E-state index is 0.148. The summed E-state index contributed by atoms with van der Waals surface area (Å²) in [5.41, 5.74) is -0.0524. The molecular weight excluding hydrogens is 258 g/mol. The summed E-state index contributed by atoms with van der Waals surface area (Å²) >= 11 is 0. The number of nitrogens with one attached hydrogen (secondary N) is 1. The third-order valence-corrected chi connectivity index (χ3v) is 5.22. The Hall–Kier alpha value is -0.380. The minimum atomic E-state index is -0.663. The molecule has 0 saturated carbocycles. The van der Waals surface area contributed by atoms with Crippen molar-refractivity contribution in [1.29, 1.82) is 0 Å². The predicted molar refractivity (Wildman–Crippen MR) is 81.5 cm³/mol. The zero-order valence-electron chi connectivity index (χ0n) is 13.0. The van der Waals surface area contributed by atoms with E-state index < -0.39 is 10.8 Å². The third kappa shape index (κ3) is 6.07. The summed E-state index contributed by atoms with van der Waals surface area (Å²) in [6, 6.07) is 0.221. The second-order valence-corrected chi connectivity index (χ2v) is 9.24. The van der Waals surface area contributed by atoms with E-state index in [0.29, 0.717) is 0 Å². The van der Waals surface area contributed by atoms with Crippen molar-refractivity contribution in [2.75, 3.05) is 11.5 Å². The molecule has 1 saturated heterocycles. The fourth-order valence-corrected chi connectivity index (χ4v) is 3.42. The molecule has 4 heteroatoms. The number of rotatable bonds is 4. The standard InChI is InChI=1S/C15H29NO2S/c1-14(2,3)8-9-15(4,5)13(17)16-12-6-10-19(18)11-7-12/h12H,6-11H2,1-5H3,(H,16,17). The molecule has 1 rings (SSSR count). The van der Waals surface area contributed by atoms with Gasteiger partial charge >= 0.3 is 0 Å². The molecule has 0 aliphatic carbocycles. The average Bonchev–Trinajstić information content (AvgIpc) is 2.29. The van der Waals surface area contributed by atoms with Gasteiger partial charge in [0, 0.05) is 33.8 Å². The molecule has 1 N–H and O–H groups in total. The molecule has 1 heterocycles. The molecule has 19 heavy (non-hydrogen) atoms. The first kappa shape index (κ1) is 16.7. The van der Waals surface area contributed by atoms with Crippen LogP contribution in [-0.4, -0.2) is 27.7 Å². The summed E-state index contributed by atoms with van der Waals surface area (Å²) in [5, 5.41) is 3.14. The molecule has 0 aromatic heterocycles. The van der Waals surface area contributed by atoms with Crippen molar-refractivity contribution in [1.82, 2.24) is 5.32 Å². The van der Waals surface area contributed by atoms with Crippen LogP contribution in [0, 0.1) is 10.8 Å². The van der Waals surface area contributed by atoms with Crippen molar-refractivity contribution in [2.45, 2.75) is 66.3 Å². The van der Waals surface area contributed by atoms with E-state index in [1.54, 1.807) is 0 Å². The van der Waals surface area contributed by atoms with Crippen LogP contribution < -0.4 is 5.32 Å². The van der Waals surface area contributed by atoms with Gasteiger partial charge in [-0.3, -0.25) is 9.00 Å². The molecular formula is C15H29NO2S. The molecule has 3 nitrogen and oxygen atoms in total. The van der Waals surface area contributed by atoms with Crippen LogP contribution in [0.1, 0.15) is 60.3 Å². The van der Waals surface area contributed by atoms with Crippen LogP contribution in [0.5, 0.6) is 0 Å². The van der Waals surface area contributed by atoms with Gasteiger partial charge in [-0.25, -0.2) is 0 Å². The van der Waals surface area contributed by atoms with Crippen molar-refractivity contribution >= 4 is 16.7 Å². The van der Waals surface area contributed by atoms with Crippen molar-refractivity contribution in [3.8, 4) is 0 Å². The largest absolute Gasteiger partial charge is 0.353 e. The highest BCUT2D eigenvalue weighted by Crippen LogP contribution is 2.30. The summed E-state index contributed by atoms with van der Waals surface area (Å²) < 4.78 is 11.3. The van der Waals surface area contributed by atoms with Gasteiger partial charge in [0.15, 0.2) is 0 Å². The molecule has 112 valence electrons. The first-order valence-corrected chi connectivity index (χ1v) is 8.75. The quantitative estimate of drug-likeness (QED) is 0.864. The predicted octanol–water partition coefficient (Wildman–Crippen LogP) is 2.87. The van der Waals surface area contributed by atoms with E-state index in [2.05, 4.69) is 26.1 Å². The fraction of sp³-hybridized carbons (Fsp3) is 0.933. The van der Waals surface area contributed by atoms with Gasteiger partial charge in [0.1, 0.15) is 0 Å². The second kappa shape index (κ2) is 6.38. The van der Waals surface area contributed by atoms with Gasteiger partial charge in [0.2, 0.25) is 5.91 Å². The van der Waals surface area contributed by atoms with Crippen molar-refractivity contribution in [2.24, 2.45) is 10.8 Å². The van der Waals surface area contributed by atoms with Crippen LogP contribution in [-0.2, 0) is 15.6 Å². The molecule has 0 radical (unpaired) electrons. The van der Waals surface area contributed by atoms with Gasteiger partial charge in [-0.1, -0.05) is 34.6 Å². The molecule has 0 atom stereocenters. The molecule has 1 fully saturated rings. The lowest BCUT2D eigenvalue weighted by molar-refractivity contribution is -0.130. The molecule has 1 aliphatic heterocycles. The number of amides is 1. The fourth-order valence-electron chi connectivity index (χ4n) is 2.12. The van der Waals surface area contributed by atoms with Crippen LogP contribution >= 0.6 is 0 Å². The Bertz CT molecular complexity index is 335. The van der Waals surface area contributed by atoms with Gasteiger partial charge in [-0.15, -0.1) is 0 Å². The van der Waals surface area contributed by atoms with Crippen molar-refractivity contribution < 1.29 is 9.00 Å². The summed E-state index contributed by atoms with van der Waals surface area (Å²) in [6.45, 7) is 10.7. The Morgan fingerprint density at radius 1 is 1.11 bits per heavy atom. The monoisotopic (exact) mass is 287 g/mol. The van der Waals surface area contributed by atoms with Crippen LogP contribution in [0.3, 0.4) is 0 Å². The maximum atomic E-state index is 12.3. The highest BCUT2D eigenvalue weighted by Gasteiger charge is 2.31. The lowest BCUT2D eigenvalue weighted by atomic mass is 9.79. The number of hydrogen-bond donors (Lipinski definition) is 1. The molecule has 0 aromatic rings. The van der Waals surface area contributed by atoms with Crippen molar-refractivity contribution in [3.63, 3.8) is 0 Å². The minimum Gasteiger partial charge on any atom is -0.353 e. The summed E-state index contributed by atoms with van der Waals surface area (Å²) in [7, 11) is -0.663. The van der Waals surface area contributed by atoms with Crippen LogP contribution in [0.25, 0.3) is 0 Å². The van der Waals surface area contributed by atoms with E-state index in [1.807, 2.05) is 13.8 Å². The van der Waals surface area contributed by atoms with Crippen molar-refractivity contribution in [3.05, 3.63) is 0 Å². The highest BCUT2D eigenvalue weighted by atomic mass is 32.2. The topological polar surface area (TPSA) is 46.2 Å². The molecule has 0 unspecified atom stereocenters. The Labute approximate surface area is 120 Å². The van der Waals surface area contributed by atoms with E-state index in [-0.39, 0.29) is 22.8 Å². The Morgan fingerprint density at radius 2 is 1.63 bits per heavy atom. The van der Waals surface area contributed by atoms with Gasteiger partial charge < -0.3 is 5.32 Å². The molecule has 0 spiro atoms. The summed E-state index contributed by atoms with van der Waals surface area (Å²) in [4.78, 5) is 12.3. The normalized spacial score (nSPS) is 25.1. The SMILES string of the molecule is CC(C)(C)CCC(C)(C)C(=O)NC1CCS(=O)CC1. The molecule has 1 amide bonds. The van der Waals surface area contributed by atoms with Crippen LogP contribution in [0.2, 0.25) is 0 Å². The molecule has 0 aromatic carbocycles. The Balaban J connectivity index is 2.44. The Morgan fingerprint density at radius 3 is 2.11 bits per heavy atom. The van der Waals surface area contributed by atoms with Crippen LogP contribution in [0.15, 0.2) is 0 Å². The van der Waals surface area contributed by atoms with Gasteiger partial charge in [0.05, 0.1) is 0 Å². The number of hydrogen-bond acceptors (Lipinski definition) is 2. The smallest absolute Gasteiger partial charge is 0.225 e. The van der Waals surface area contributed by atoms with E-state index in [4.69, 9.17) is 0 Å². The van der Waals surface area contributed by atoms with Gasteiger partial charge in [-0.2, -0.15) is 0 Å². The zero-order chi connectivity index (χ0) is 14.7.